The van der Waals surface area contributed by atoms with Crippen LogP contribution in [0.1, 0.15) is 30.7 Å². The predicted octanol–water partition coefficient (Wildman–Crippen LogP) is 3.51. The maximum atomic E-state index is 13.8. The third-order valence-corrected chi connectivity index (χ3v) is 7.26. The Kier molecular flexibility index (Phi) is 9.23. The number of amides is 3. The van der Waals surface area contributed by atoms with Crippen LogP contribution in [0.2, 0.25) is 0 Å². The average Bonchev–Trinajstić information content (AvgIpc) is 3.37. The Morgan fingerprint density at radius 3 is 2.27 bits per heavy atom. The van der Waals surface area contributed by atoms with Crippen LogP contribution >= 0.6 is 11.3 Å². The van der Waals surface area contributed by atoms with Gasteiger partial charge in [0, 0.05) is 37.4 Å². The number of primary amides is 1. The minimum absolute atomic E-state index is 0.289. The lowest BCUT2D eigenvalue weighted by molar-refractivity contribution is -0.145. The first kappa shape index (κ1) is 28.1. The first-order chi connectivity index (χ1) is 17.5. The average molecular weight is 521 g/mol. The van der Waals surface area contributed by atoms with Crippen LogP contribution in [-0.2, 0) is 27.2 Å². The van der Waals surface area contributed by atoms with Gasteiger partial charge in [-0.25, -0.2) is 0 Å². The normalized spacial score (nSPS) is 13.4. The van der Waals surface area contributed by atoms with Gasteiger partial charge in [-0.3, -0.25) is 14.4 Å². The predicted molar refractivity (Wildman–Crippen MR) is 150 cm³/mol. The molecule has 0 spiro atoms. The molecule has 7 nitrogen and oxygen atoms in total. The minimum atomic E-state index is -0.834. The standard InChI is InChI=1S/C29H36N4O3S/c1-29(2,31)15-7-12-26(34)32(3)25(18-20-13-14-21-9-5-6-10-22(21)17-20)28(36)33(4)24(27(30)35)19-23-11-8-16-37-23/h5-14,16-17,24-25H,15,18-19,31H2,1-4H3,(H2,30,35)/b12-7+/t24-,25-/m1/s1. The monoisotopic (exact) mass is 520 g/mol. The van der Waals surface area contributed by atoms with E-state index >= 15 is 0 Å². The number of carbonyl (C=O) groups is 3. The van der Waals surface area contributed by atoms with E-state index in [0.717, 1.165) is 21.2 Å². The van der Waals surface area contributed by atoms with Gasteiger partial charge in [0.2, 0.25) is 17.7 Å². The number of hydrogen-bond donors (Lipinski definition) is 2. The number of nitrogens with zero attached hydrogens (tertiary/aromatic N) is 2. The van der Waals surface area contributed by atoms with E-state index in [1.165, 1.54) is 27.2 Å². The maximum absolute atomic E-state index is 13.8. The fourth-order valence-corrected chi connectivity index (χ4v) is 4.89. The SMILES string of the molecule is CN(C(=O)/C=C/CC(C)(C)N)[C@H](Cc1ccc2ccccc2c1)C(=O)N(C)[C@H](Cc1cccs1)C(N)=O. The molecule has 4 N–H and O–H groups in total. The van der Waals surface area contributed by atoms with Gasteiger partial charge < -0.3 is 21.3 Å². The molecule has 3 amide bonds. The van der Waals surface area contributed by atoms with Crippen molar-refractivity contribution in [2.75, 3.05) is 14.1 Å². The lowest BCUT2D eigenvalue weighted by Gasteiger charge is -2.33. The molecule has 0 saturated heterocycles. The molecule has 0 aliphatic carbocycles. The third kappa shape index (κ3) is 7.74. The first-order valence-corrected chi connectivity index (χ1v) is 13.1. The van der Waals surface area contributed by atoms with Crippen LogP contribution in [0.15, 0.2) is 72.1 Å². The van der Waals surface area contributed by atoms with Crippen LogP contribution in [0, 0.1) is 0 Å². The van der Waals surface area contributed by atoms with Crippen molar-refractivity contribution in [2.45, 2.75) is 50.7 Å². The van der Waals surface area contributed by atoms with Crippen molar-refractivity contribution in [2.24, 2.45) is 11.5 Å². The largest absolute Gasteiger partial charge is 0.368 e. The number of rotatable bonds is 11. The highest BCUT2D eigenvalue weighted by molar-refractivity contribution is 7.09. The molecule has 2 aromatic carbocycles. The molecule has 0 bridgehead atoms. The van der Waals surface area contributed by atoms with Gasteiger partial charge in [-0.2, -0.15) is 0 Å². The molecule has 3 aromatic rings. The molecule has 1 heterocycles. The summed E-state index contributed by atoms with van der Waals surface area (Å²) in [5.41, 5.74) is 12.2. The van der Waals surface area contributed by atoms with E-state index in [2.05, 4.69) is 0 Å². The van der Waals surface area contributed by atoms with Crippen molar-refractivity contribution < 1.29 is 14.4 Å². The summed E-state index contributed by atoms with van der Waals surface area (Å²) in [6.45, 7) is 3.76. The van der Waals surface area contributed by atoms with Gasteiger partial charge in [-0.15, -0.1) is 11.3 Å². The second kappa shape index (κ2) is 12.2. The molecule has 8 heteroatoms. The van der Waals surface area contributed by atoms with E-state index in [-0.39, 0.29) is 18.2 Å². The second-order valence-corrected chi connectivity index (χ2v) is 11.1. The molecule has 37 heavy (non-hydrogen) atoms. The molecular weight excluding hydrogens is 484 g/mol. The first-order valence-electron chi connectivity index (χ1n) is 12.2. The highest BCUT2D eigenvalue weighted by Crippen LogP contribution is 2.20. The van der Waals surface area contributed by atoms with Crippen LogP contribution in [0.25, 0.3) is 10.8 Å². The van der Waals surface area contributed by atoms with Crippen molar-refractivity contribution in [1.29, 1.82) is 0 Å². The third-order valence-electron chi connectivity index (χ3n) is 6.37. The fraction of sp³-hybridized carbons (Fsp3) is 0.345. The van der Waals surface area contributed by atoms with Crippen LogP contribution < -0.4 is 11.5 Å². The number of carbonyl (C=O) groups excluding carboxylic acids is 3. The van der Waals surface area contributed by atoms with Crippen molar-refractivity contribution in [1.82, 2.24) is 9.80 Å². The van der Waals surface area contributed by atoms with Crippen molar-refractivity contribution >= 4 is 39.8 Å². The van der Waals surface area contributed by atoms with E-state index in [1.807, 2.05) is 73.8 Å². The number of thiophene rings is 1. The van der Waals surface area contributed by atoms with Gasteiger partial charge in [0.05, 0.1) is 0 Å². The minimum Gasteiger partial charge on any atom is -0.368 e. The molecule has 0 fully saturated rings. The summed E-state index contributed by atoms with van der Waals surface area (Å²) in [6, 6.07) is 16.1. The maximum Gasteiger partial charge on any atom is 0.246 e. The second-order valence-electron chi connectivity index (χ2n) is 10.1. The van der Waals surface area contributed by atoms with Crippen LogP contribution in [0.3, 0.4) is 0 Å². The molecule has 0 saturated carbocycles. The fourth-order valence-electron chi connectivity index (χ4n) is 4.15. The topological polar surface area (TPSA) is 110 Å². The van der Waals surface area contributed by atoms with Gasteiger partial charge in [-0.1, -0.05) is 54.6 Å². The highest BCUT2D eigenvalue weighted by atomic mass is 32.1. The van der Waals surface area contributed by atoms with Crippen molar-refractivity contribution in [3.05, 3.63) is 82.6 Å². The molecular formula is C29H36N4O3S. The summed E-state index contributed by atoms with van der Waals surface area (Å²) >= 11 is 1.50. The molecule has 0 unspecified atom stereocenters. The zero-order valence-corrected chi connectivity index (χ0v) is 22.7. The van der Waals surface area contributed by atoms with E-state index in [9.17, 15) is 14.4 Å². The summed E-state index contributed by atoms with van der Waals surface area (Å²) < 4.78 is 0. The molecule has 0 radical (unpaired) electrons. The number of hydrogen-bond acceptors (Lipinski definition) is 5. The Morgan fingerprint density at radius 2 is 1.65 bits per heavy atom. The smallest absolute Gasteiger partial charge is 0.246 e. The van der Waals surface area contributed by atoms with Crippen molar-refractivity contribution in [3.63, 3.8) is 0 Å². The highest BCUT2D eigenvalue weighted by Gasteiger charge is 2.34. The van der Waals surface area contributed by atoms with E-state index in [1.54, 1.807) is 20.2 Å². The van der Waals surface area contributed by atoms with Gasteiger partial charge in [0.25, 0.3) is 0 Å². The lowest BCUT2D eigenvalue weighted by Crippen LogP contribution is -2.55. The van der Waals surface area contributed by atoms with Crippen LogP contribution in [0.4, 0.5) is 0 Å². The molecule has 1 aromatic heterocycles. The Bertz CT molecular complexity index is 1260. The van der Waals surface area contributed by atoms with E-state index in [4.69, 9.17) is 11.5 Å². The Hall–Kier alpha value is -3.49. The quantitative estimate of drug-likeness (QED) is 0.377. The Morgan fingerprint density at radius 1 is 0.946 bits per heavy atom. The zero-order chi connectivity index (χ0) is 27.2. The lowest BCUT2D eigenvalue weighted by atomic mass is 9.99. The number of fused-ring (bicyclic) bond motifs is 1. The number of nitrogens with two attached hydrogens (primary N) is 2. The number of benzene rings is 2. The summed E-state index contributed by atoms with van der Waals surface area (Å²) in [7, 11) is 3.18. The van der Waals surface area contributed by atoms with Gasteiger partial charge in [0.1, 0.15) is 12.1 Å². The molecule has 196 valence electrons. The zero-order valence-electron chi connectivity index (χ0n) is 21.9. The summed E-state index contributed by atoms with van der Waals surface area (Å²) in [4.78, 5) is 43.1. The molecule has 3 rings (SSSR count). The van der Waals surface area contributed by atoms with Gasteiger partial charge in [0.15, 0.2) is 0 Å². The number of likely N-dealkylation sites (N-methyl/N-ethyl adjacent to an activating group) is 2. The van der Waals surface area contributed by atoms with Gasteiger partial charge >= 0.3 is 0 Å². The van der Waals surface area contributed by atoms with E-state index in [0.29, 0.717) is 12.8 Å². The molecule has 2 atom stereocenters. The molecule has 0 aliphatic rings. The summed E-state index contributed by atoms with van der Waals surface area (Å²) in [5, 5.41) is 4.05. The van der Waals surface area contributed by atoms with E-state index < -0.39 is 23.5 Å². The van der Waals surface area contributed by atoms with Crippen molar-refractivity contribution in [3.8, 4) is 0 Å². The Labute approximate surface area is 222 Å². The van der Waals surface area contributed by atoms with Gasteiger partial charge in [-0.05, 0) is 54.1 Å². The summed E-state index contributed by atoms with van der Waals surface area (Å²) in [5.74, 6) is -1.25. The van der Waals surface area contributed by atoms with Crippen LogP contribution in [0.5, 0.6) is 0 Å². The Balaban J connectivity index is 1.90. The summed E-state index contributed by atoms with van der Waals surface area (Å²) in [6.07, 6.45) is 4.30. The van der Waals surface area contributed by atoms with Crippen LogP contribution in [-0.4, -0.2) is 59.2 Å². The molecule has 0 aliphatic heterocycles.